The van der Waals surface area contributed by atoms with E-state index in [1.54, 1.807) is 0 Å². The summed E-state index contributed by atoms with van der Waals surface area (Å²) in [5.74, 6) is 0.706. The standard InChI is InChI=1S/C15H17ClN2OS/c1-15(2)10-18(7-8-20(15)19)14-5-6-17-13-4-3-11(16)9-12(13)14/h3-6,9H,7-8,10H2,1-2H3. The van der Waals surface area contributed by atoms with Gasteiger partial charge in [0.1, 0.15) is 0 Å². The number of nitrogens with zero attached hydrogens (tertiary/aromatic N) is 2. The molecule has 0 radical (unpaired) electrons. The predicted molar refractivity (Wildman–Crippen MR) is 86.1 cm³/mol. The third kappa shape index (κ3) is 2.42. The molecular formula is C15H17ClN2OS. The Balaban J connectivity index is 2.06. The smallest absolute Gasteiger partial charge is 0.0723 e. The van der Waals surface area contributed by atoms with Crippen LogP contribution in [-0.2, 0) is 10.8 Å². The van der Waals surface area contributed by atoms with Crippen molar-refractivity contribution in [1.82, 2.24) is 4.98 Å². The predicted octanol–water partition coefficient (Wildman–Crippen LogP) is 3.24. The highest BCUT2D eigenvalue weighted by Crippen LogP contribution is 2.31. The molecule has 0 aliphatic carbocycles. The van der Waals surface area contributed by atoms with Gasteiger partial charge in [-0.15, -0.1) is 0 Å². The second kappa shape index (κ2) is 5.01. The van der Waals surface area contributed by atoms with Gasteiger partial charge in [0.15, 0.2) is 0 Å². The zero-order valence-corrected chi connectivity index (χ0v) is 13.2. The van der Waals surface area contributed by atoms with Gasteiger partial charge in [-0.25, -0.2) is 0 Å². The number of benzene rings is 1. The van der Waals surface area contributed by atoms with Gasteiger partial charge in [-0.1, -0.05) is 11.6 Å². The van der Waals surface area contributed by atoms with Crippen molar-refractivity contribution in [1.29, 1.82) is 0 Å². The summed E-state index contributed by atoms with van der Waals surface area (Å²) >= 11 is 6.11. The number of pyridine rings is 1. The maximum atomic E-state index is 12.1. The number of hydrogen-bond acceptors (Lipinski definition) is 3. The number of fused-ring (bicyclic) bond motifs is 1. The van der Waals surface area contributed by atoms with Crippen molar-refractivity contribution < 1.29 is 4.21 Å². The maximum absolute atomic E-state index is 12.1. The molecule has 1 aromatic heterocycles. The van der Waals surface area contributed by atoms with Crippen molar-refractivity contribution >= 4 is 39.0 Å². The lowest BCUT2D eigenvalue weighted by Crippen LogP contribution is -2.50. The minimum absolute atomic E-state index is 0.188. The van der Waals surface area contributed by atoms with Crippen molar-refractivity contribution in [2.24, 2.45) is 0 Å². The Hall–Kier alpha value is -1.13. The van der Waals surface area contributed by atoms with Gasteiger partial charge in [0.05, 0.1) is 10.3 Å². The minimum atomic E-state index is -0.766. The average Bonchev–Trinajstić information content (AvgIpc) is 2.41. The lowest BCUT2D eigenvalue weighted by atomic mass is 10.1. The number of aromatic nitrogens is 1. The molecule has 1 aliphatic heterocycles. The summed E-state index contributed by atoms with van der Waals surface area (Å²) < 4.78 is 11.9. The fourth-order valence-electron chi connectivity index (χ4n) is 2.67. The van der Waals surface area contributed by atoms with Crippen molar-refractivity contribution in [3.8, 4) is 0 Å². The Bertz CT molecular complexity index is 687. The maximum Gasteiger partial charge on any atom is 0.0723 e. The molecule has 0 bridgehead atoms. The van der Waals surface area contributed by atoms with Gasteiger partial charge in [-0.05, 0) is 38.1 Å². The first kappa shape index (κ1) is 13.8. The van der Waals surface area contributed by atoms with Gasteiger partial charge in [-0.2, -0.15) is 0 Å². The average molecular weight is 309 g/mol. The van der Waals surface area contributed by atoms with E-state index in [1.807, 2.05) is 30.5 Å². The lowest BCUT2D eigenvalue weighted by molar-refractivity contribution is 0.590. The first-order chi connectivity index (χ1) is 9.47. The van der Waals surface area contributed by atoms with E-state index in [0.717, 1.165) is 29.7 Å². The van der Waals surface area contributed by atoms with Gasteiger partial charge in [0, 0.05) is 51.9 Å². The van der Waals surface area contributed by atoms with Gasteiger partial charge < -0.3 is 4.90 Å². The molecule has 20 heavy (non-hydrogen) atoms. The molecule has 3 nitrogen and oxygen atoms in total. The van der Waals surface area contributed by atoms with Crippen LogP contribution in [0.1, 0.15) is 13.8 Å². The molecule has 0 amide bonds. The first-order valence-corrected chi connectivity index (χ1v) is 8.35. The largest absolute Gasteiger partial charge is 0.369 e. The number of rotatable bonds is 1. The SMILES string of the molecule is CC1(C)CN(c2ccnc3ccc(Cl)cc23)CCS1=O. The van der Waals surface area contributed by atoms with E-state index in [1.165, 1.54) is 0 Å². The molecule has 1 atom stereocenters. The number of anilines is 1. The van der Waals surface area contributed by atoms with Crippen LogP contribution in [-0.4, -0.2) is 32.8 Å². The van der Waals surface area contributed by atoms with Gasteiger partial charge in [0.2, 0.25) is 0 Å². The second-order valence-electron chi connectivity index (χ2n) is 5.72. The van der Waals surface area contributed by atoms with Crippen LogP contribution in [0.4, 0.5) is 5.69 Å². The molecule has 1 aromatic carbocycles. The first-order valence-electron chi connectivity index (χ1n) is 6.65. The highest BCUT2D eigenvalue weighted by molar-refractivity contribution is 7.86. The number of hydrogen-bond donors (Lipinski definition) is 0. The monoisotopic (exact) mass is 308 g/mol. The molecule has 1 fully saturated rings. The van der Waals surface area contributed by atoms with Crippen molar-refractivity contribution in [3.05, 3.63) is 35.5 Å². The third-order valence-electron chi connectivity index (χ3n) is 3.76. The molecule has 106 valence electrons. The molecule has 0 N–H and O–H groups in total. The van der Waals surface area contributed by atoms with Crippen molar-refractivity contribution in [2.75, 3.05) is 23.7 Å². The third-order valence-corrected chi connectivity index (χ3v) is 5.91. The Kier molecular flexibility index (Phi) is 3.46. The molecule has 2 heterocycles. The van der Waals surface area contributed by atoms with Gasteiger partial charge >= 0.3 is 0 Å². The van der Waals surface area contributed by atoms with Crippen LogP contribution in [0.25, 0.3) is 10.9 Å². The Morgan fingerprint density at radius 1 is 1.35 bits per heavy atom. The van der Waals surface area contributed by atoms with Crippen LogP contribution < -0.4 is 4.90 Å². The summed E-state index contributed by atoms with van der Waals surface area (Å²) in [5.41, 5.74) is 2.07. The summed E-state index contributed by atoms with van der Waals surface area (Å²) in [6.45, 7) is 5.71. The minimum Gasteiger partial charge on any atom is -0.369 e. The summed E-state index contributed by atoms with van der Waals surface area (Å²) in [5, 5.41) is 1.77. The van der Waals surface area contributed by atoms with Crippen molar-refractivity contribution in [2.45, 2.75) is 18.6 Å². The zero-order chi connectivity index (χ0) is 14.3. The molecule has 5 heteroatoms. The summed E-state index contributed by atoms with van der Waals surface area (Å²) in [6, 6.07) is 7.77. The van der Waals surface area contributed by atoms with E-state index >= 15 is 0 Å². The zero-order valence-electron chi connectivity index (χ0n) is 11.6. The number of halogens is 1. The molecule has 1 aliphatic rings. The Morgan fingerprint density at radius 3 is 2.90 bits per heavy atom. The Morgan fingerprint density at radius 2 is 2.15 bits per heavy atom. The molecular weight excluding hydrogens is 292 g/mol. The Labute approximate surface area is 126 Å². The highest BCUT2D eigenvalue weighted by atomic mass is 35.5. The van der Waals surface area contributed by atoms with Crippen LogP contribution >= 0.6 is 11.6 Å². The molecule has 1 saturated heterocycles. The second-order valence-corrected chi connectivity index (χ2v) is 8.36. The molecule has 0 spiro atoms. The normalized spacial score (nSPS) is 22.1. The molecule has 3 rings (SSSR count). The molecule has 1 unspecified atom stereocenters. The van der Waals surface area contributed by atoms with Gasteiger partial charge in [-0.3, -0.25) is 9.19 Å². The van der Waals surface area contributed by atoms with E-state index in [4.69, 9.17) is 11.6 Å². The summed E-state index contributed by atoms with van der Waals surface area (Å²) in [7, 11) is -0.766. The van der Waals surface area contributed by atoms with Gasteiger partial charge in [0.25, 0.3) is 0 Å². The van der Waals surface area contributed by atoms with Crippen LogP contribution in [0.15, 0.2) is 30.5 Å². The van der Waals surface area contributed by atoms with E-state index in [0.29, 0.717) is 10.8 Å². The van der Waals surface area contributed by atoms with E-state index in [-0.39, 0.29) is 4.75 Å². The molecule has 0 saturated carbocycles. The van der Waals surface area contributed by atoms with E-state index in [9.17, 15) is 4.21 Å². The summed E-state index contributed by atoms with van der Waals surface area (Å²) in [6.07, 6.45) is 1.82. The lowest BCUT2D eigenvalue weighted by Gasteiger charge is -2.39. The molecule has 2 aromatic rings. The highest BCUT2D eigenvalue weighted by Gasteiger charge is 2.33. The quantitative estimate of drug-likeness (QED) is 0.811. The topological polar surface area (TPSA) is 33.2 Å². The fourth-order valence-corrected chi connectivity index (χ4v) is 4.08. The van der Waals surface area contributed by atoms with Crippen LogP contribution in [0.3, 0.4) is 0 Å². The van der Waals surface area contributed by atoms with E-state index in [2.05, 4.69) is 23.7 Å². The fraction of sp³-hybridized carbons (Fsp3) is 0.400. The van der Waals surface area contributed by atoms with Crippen LogP contribution in [0, 0.1) is 0 Å². The van der Waals surface area contributed by atoms with Crippen LogP contribution in [0.5, 0.6) is 0 Å². The van der Waals surface area contributed by atoms with Crippen LogP contribution in [0.2, 0.25) is 5.02 Å². The van der Waals surface area contributed by atoms with E-state index < -0.39 is 10.8 Å². The van der Waals surface area contributed by atoms with Crippen molar-refractivity contribution in [3.63, 3.8) is 0 Å². The summed E-state index contributed by atoms with van der Waals surface area (Å²) in [4.78, 5) is 6.68.